The van der Waals surface area contributed by atoms with Crippen LogP contribution in [0, 0.1) is 0 Å². The molecule has 0 aliphatic carbocycles. The Bertz CT molecular complexity index is 438. The van der Waals surface area contributed by atoms with Crippen molar-refractivity contribution in [2.24, 2.45) is 0 Å². The van der Waals surface area contributed by atoms with E-state index in [1.165, 1.54) is 0 Å². The Morgan fingerprint density at radius 2 is 1.33 bits per heavy atom. The summed E-state index contributed by atoms with van der Waals surface area (Å²) >= 11 is 0. The number of phenolic OH excluding ortho intramolecular Hbond substituents is 2. The molecular formula is C12H11KO2. The van der Waals surface area contributed by atoms with Gasteiger partial charge in [-0.25, -0.2) is 0 Å². The third kappa shape index (κ3) is 3.06. The number of benzene rings is 2. The van der Waals surface area contributed by atoms with Crippen LogP contribution in [0.5, 0.6) is 11.5 Å². The van der Waals surface area contributed by atoms with Crippen molar-refractivity contribution in [3.63, 3.8) is 0 Å². The molecule has 0 heterocycles. The summed E-state index contributed by atoms with van der Waals surface area (Å²) in [5.41, 5.74) is 1.66. The van der Waals surface area contributed by atoms with Gasteiger partial charge in [0.05, 0.1) is 0 Å². The zero-order valence-electron chi connectivity index (χ0n) is 7.51. The molecule has 2 N–H and O–H groups in total. The van der Waals surface area contributed by atoms with Crippen LogP contribution in [0.25, 0.3) is 11.1 Å². The van der Waals surface area contributed by atoms with E-state index in [0.717, 1.165) is 11.1 Å². The Labute approximate surface area is 131 Å². The molecule has 0 unspecified atom stereocenters. The summed E-state index contributed by atoms with van der Waals surface area (Å²) in [4.78, 5) is 0. The molecule has 0 amide bonds. The van der Waals surface area contributed by atoms with Gasteiger partial charge in [0, 0.05) is 5.56 Å². The van der Waals surface area contributed by atoms with Crippen molar-refractivity contribution >= 4 is 51.4 Å². The number of aromatic hydroxyl groups is 2. The Morgan fingerprint density at radius 1 is 0.733 bits per heavy atom. The maximum absolute atomic E-state index is 9.57. The van der Waals surface area contributed by atoms with Gasteiger partial charge in [-0.15, -0.1) is 0 Å². The average Bonchev–Trinajstić information content (AvgIpc) is 2.20. The maximum atomic E-state index is 9.57. The normalized spacial score (nSPS) is 9.33. The van der Waals surface area contributed by atoms with E-state index in [4.69, 9.17) is 5.11 Å². The SMILES string of the molecule is Oc1ccc(-c2ccccc2O)cc1.[KH]. The summed E-state index contributed by atoms with van der Waals surface area (Å²) in [5.74, 6) is 0.474. The minimum atomic E-state index is 0. The number of para-hydroxylation sites is 1. The molecule has 3 heteroatoms. The van der Waals surface area contributed by atoms with E-state index < -0.39 is 0 Å². The van der Waals surface area contributed by atoms with Gasteiger partial charge in [0.1, 0.15) is 11.5 Å². The van der Waals surface area contributed by atoms with E-state index in [9.17, 15) is 5.11 Å². The summed E-state index contributed by atoms with van der Waals surface area (Å²) in [6, 6.07) is 13.9. The molecule has 0 radical (unpaired) electrons. The van der Waals surface area contributed by atoms with Crippen molar-refractivity contribution in [1.82, 2.24) is 0 Å². The topological polar surface area (TPSA) is 40.5 Å². The quantitative estimate of drug-likeness (QED) is 0.731. The van der Waals surface area contributed by atoms with E-state index >= 15 is 0 Å². The molecule has 72 valence electrons. The standard InChI is InChI=1S/C12H10O2.K.H/c13-10-7-5-9(6-8-10)11-3-1-2-4-12(11)14;;/h1-8,13-14H;;. The summed E-state index contributed by atoms with van der Waals surface area (Å²) in [6.07, 6.45) is 0. The number of phenols is 2. The van der Waals surface area contributed by atoms with E-state index in [1.807, 2.05) is 12.1 Å². The molecule has 0 saturated carbocycles. The summed E-state index contributed by atoms with van der Waals surface area (Å²) < 4.78 is 0. The fourth-order valence-electron chi connectivity index (χ4n) is 1.36. The first kappa shape index (κ1) is 12.7. The Kier molecular flexibility index (Phi) is 4.82. The van der Waals surface area contributed by atoms with Crippen LogP contribution in [0.4, 0.5) is 0 Å². The Hall–Kier alpha value is -0.324. The Morgan fingerprint density at radius 3 is 1.93 bits per heavy atom. The zero-order chi connectivity index (χ0) is 9.97. The van der Waals surface area contributed by atoms with Gasteiger partial charge in [0.15, 0.2) is 0 Å². The van der Waals surface area contributed by atoms with Crippen LogP contribution in [0.1, 0.15) is 0 Å². The van der Waals surface area contributed by atoms with Gasteiger partial charge in [0.2, 0.25) is 0 Å². The van der Waals surface area contributed by atoms with Crippen molar-refractivity contribution in [2.75, 3.05) is 0 Å². The molecule has 2 aromatic rings. The monoisotopic (exact) mass is 226 g/mol. The number of rotatable bonds is 1. The van der Waals surface area contributed by atoms with E-state index in [2.05, 4.69) is 0 Å². The second-order valence-corrected chi connectivity index (χ2v) is 3.06. The molecule has 0 spiro atoms. The van der Waals surface area contributed by atoms with Crippen LogP contribution in [0.3, 0.4) is 0 Å². The second kappa shape index (κ2) is 5.68. The van der Waals surface area contributed by atoms with Crippen molar-refractivity contribution in [1.29, 1.82) is 0 Å². The van der Waals surface area contributed by atoms with Gasteiger partial charge in [-0.1, -0.05) is 30.3 Å². The second-order valence-electron chi connectivity index (χ2n) is 3.06. The molecule has 0 saturated heterocycles. The van der Waals surface area contributed by atoms with E-state index in [0.29, 0.717) is 0 Å². The summed E-state index contributed by atoms with van der Waals surface area (Å²) in [5, 5.41) is 18.7. The van der Waals surface area contributed by atoms with E-state index in [-0.39, 0.29) is 62.9 Å². The molecule has 2 nitrogen and oxygen atoms in total. The van der Waals surface area contributed by atoms with Gasteiger partial charge < -0.3 is 10.2 Å². The van der Waals surface area contributed by atoms with Crippen molar-refractivity contribution in [3.8, 4) is 22.6 Å². The number of hydrogen-bond donors (Lipinski definition) is 2. The average molecular weight is 226 g/mol. The molecular weight excluding hydrogens is 215 g/mol. The van der Waals surface area contributed by atoms with Gasteiger partial charge in [-0.3, -0.25) is 0 Å². The van der Waals surface area contributed by atoms with Crippen molar-refractivity contribution in [3.05, 3.63) is 48.5 Å². The van der Waals surface area contributed by atoms with E-state index in [1.54, 1.807) is 36.4 Å². The fourth-order valence-corrected chi connectivity index (χ4v) is 1.36. The summed E-state index contributed by atoms with van der Waals surface area (Å²) in [6.45, 7) is 0. The Balaban J connectivity index is 0.00000112. The predicted octanol–water partition coefficient (Wildman–Crippen LogP) is 2.12. The zero-order valence-corrected chi connectivity index (χ0v) is 7.51. The van der Waals surface area contributed by atoms with Gasteiger partial charge in [-0.2, -0.15) is 0 Å². The first-order valence-electron chi connectivity index (χ1n) is 4.35. The third-order valence-electron chi connectivity index (χ3n) is 2.08. The van der Waals surface area contributed by atoms with Crippen LogP contribution >= 0.6 is 0 Å². The van der Waals surface area contributed by atoms with Crippen LogP contribution in [0.15, 0.2) is 48.5 Å². The molecule has 0 aliphatic rings. The molecule has 0 bridgehead atoms. The van der Waals surface area contributed by atoms with Crippen molar-refractivity contribution < 1.29 is 10.2 Å². The van der Waals surface area contributed by atoms with Crippen LogP contribution in [-0.4, -0.2) is 61.6 Å². The minimum absolute atomic E-state index is 0. The predicted molar refractivity (Wildman–Crippen MR) is 62.4 cm³/mol. The van der Waals surface area contributed by atoms with Gasteiger partial charge in [-0.05, 0) is 23.8 Å². The van der Waals surface area contributed by atoms with Gasteiger partial charge in [0.25, 0.3) is 0 Å². The first-order valence-corrected chi connectivity index (χ1v) is 4.35. The molecule has 0 fully saturated rings. The number of hydrogen-bond acceptors (Lipinski definition) is 2. The molecule has 15 heavy (non-hydrogen) atoms. The molecule has 2 aromatic carbocycles. The van der Waals surface area contributed by atoms with Crippen molar-refractivity contribution in [2.45, 2.75) is 0 Å². The van der Waals surface area contributed by atoms with Crippen LogP contribution < -0.4 is 0 Å². The fraction of sp³-hybridized carbons (Fsp3) is 0. The first-order chi connectivity index (χ1) is 6.77. The molecule has 0 aromatic heterocycles. The molecule has 0 aliphatic heterocycles. The molecule has 0 atom stereocenters. The van der Waals surface area contributed by atoms with Gasteiger partial charge >= 0.3 is 51.4 Å². The third-order valence-corrected chi connectivity index (χ3v) is 2.08. The molecule has 2 rings (SSSR count). The van der Waals surface area contributed by atoms with Crippen LogP contribution in [0.2, 0.25) is 0 Å². The summed E-state index contributed by atoms with van der Waals surface area (Å²) in [7, 11) is 0. The van der Waals surface area contributed by atoms with Crippen LogP contribution in [-0.2, 0) is 0 Å².